The topological polar surface area (TPSA) is 55.8 Å². The Kier molecular flexibility index (Phi) is 5.38. The van der Waals surface area contributed by atoms with E-state index in [1.54, 1.807) is 0 Å². The summed E-state index contributed by atoms with van der Waals surface area (Å²) in [5, 5.41) is 12.2. The second-order valence-electron chi connectivity index (χ2n) is 5.06. The van der Waals surface area contributed by atoms with Crippen molar-refractivity contribution < 1.29 is 9.90 Å². The van der Waals surface area contributed by atoms with Gasteiger partial charge in [0.05, 0.1) is 6.61 Å². The van der Waals surface area contributed by atoms with Gasteiger partial charge in [-0.1, -0.05) is 25.1 Å². The molecule has 1 fully saturated rings. The zero-order chi connectivity index (χ0) is 14.4. The highest BCUT2D eigenvalue weighted by molar-refractivity contribution is 5.89. The summed E-state index contributed by atoms with van der Waals surface area (Å²) in [6.45, 7) is 5.31. The lowest BCUT2D eigenvalue weighted by Gasteiger charge is -2.38. The van der Waals surface area contributed by atoms with E-state index in [0.717, 1.165) is 25.2 Å². The van der Waals surface area contributed by atoms with Gasteiger partial charge in [-0.05, 0) is 18.6 Å². The molecule has 110 valence electrons. The van der Waals surface area contributed by atoms with Crippen LogP contribution in [0.4, 0.5) is 10.5 Å². The number of nitrogens with one attached hydrogen (secondary N) is 1. The van der Waals surface area contributed by atoms with Gasteiger partial charge in [-0.3, -0.25) is 4.90 Å². The molecule has 0 unspecified atom stereocenters. The summed E-state index contributed by atoms with van der Waals surface area (Å²) in [6, 6.07) is 9.66. The number of para-hydroxylation sites is 1. The Bertz CT molecular complexity index is 412. The molecule has 0 bridgehead atoms. The molecule has 1 heterocycles. The van der Waals surface area contributed by atoms with Crippen LogP contribution < -0.4 is 5.32 Å². The second-order valence-corrected chi connectivity index (χ2v) is 5.06. The van der Waals surface area contributed by atoms with Gasteiger partial charge in [0.2, 0.25) is 0 Å². The molecule has 5 heteroatoms. The molecule has 2 amide bonds. The monoisotopic (exact) mass is 277 g/mol. The molecule has 0 saturated carbocycles. The van der Waals surface area contributed by atoms with Gasteiger partial charge in [0, 0.05) is 37.9 Å². The van der Waals surface area contributed by atoms with E-state index in [0.29, 0.717) is 13.1 Å². The number of hydrogen-bond acceptors (Lipinski definition) is 3. The molecule has 1 aliphatic heterocycles. The molecule has 0 aliphatic carbocycles. The second kappa shape index (κ2) is 7.26. The van der Waals surface area contributed by atoms with Crippen molar-refractivity contribution in [2.24, 2.45) is 0 Å². The number of aliphatic hydroxyl groups is 1. The van der Waals surface area contributed by atoms with Crippen LogP contribution in [0.3, 0.4) is 0 Å². The van der Waals surface area contributed by atoms with E-state index in [4.69, 9.17) is 0 Å². The summed E-state index contributed by atoms with van der Waals surface area (Å²) in [7, 11) is 0. The first-order valence-corrected chi connectivity index (χ1v) is 7.20. The van der Waals surface area contributed by atoms with Gasteiger partial charge in [-0.25, -0.2) is 4.79 Å². The van der Waals surface area contributed by atoms with Crippen LogP contribution in [0.25, 0.3) is 0 Å². The Morgan fingerprint density at radius 1 is 1.25 bits per heavy atom. The first kappa shape index (κ1) is 14.8. The molecule has 1 atom stereocenters. The van der Waals surface area contributed by atoms with Crippen molar-refractivity contribution in [2.45, 2.75) is 19.4 Å². The summed E-state index contributed by atoms with van der Waals surface area (Å²) >= 11 is 0. The smallest absolute Gasteiger partial charge is 0.321 e. The molecule has 2 rings (SSSR count). The summed E-state index contributed by atoms with van der Waals surface area (Å²) in [4.78, 5) is 16.2. The minimum Gasteiger partial charge on any atom is -0.395 e. The van der Waals surface area contributed by atoms with Crippen molar-refractivity contribution in [2.75, 3.05) is 38.1 Å². The number of carbonyl (C=O) groups excluding carboxylic acids is 1. The van der Waals surface area contributed by atoms with Gasteiger partial charge in [0.1, 0.15) is 0 Å². The number of piperazine rings is 1. The molecule has 0 aromatic heterocycles. The summed E-state index contributed by atoms with van der Waals surface area (Å²) in [5.41, 5.74) is 0.821. The van der Waals surface area contributed by atoms with Crippen molar-refractivity contribution in [1.29, 1.82) is 0 Å². The van der Waals surface area contributed by atoms with E-state index in [9.17, 15) is 9.90 Å². The average Bonchev–Trinajstić information content (AvgIpc) is 2.50. The largest absolute Gasteiger partial charge is 0.395 e. The first-order valence-electron chi connectivity index (χ1n) is 7.20. The molecule has 5 nitrogen and oxygen atoms in total. The predicted molar refractivity (Wildman–Crippen MR) is 79.8 cm³/mol. The Morgan fingerprint density at radius 2 is 1.90 bits per heavy atom. The number of nitrogens with zero attached hydrogens (tertiary/aromatic N) is 2. The fraction of sp³-hybridized carbons (Fsp3) is 0.533. The minimum atomic E-state index is -0.0482. The van der Waals surface area contributed by atoms with Crippen molar-refractivity contribution in [3.63, 3.8) is 0 Å². The van der Waals surface area contributed by atoms with Gasteiger partial charge in [-0.2, -0.15) is 0 Å². The summed E-state index contributed by atoms with van der Waals surface area (Å²) < 4.78 is 0. The maximum absolute atomic E-state index is 12.1. The van der Waals surface area contributed by atoms with Crippen LogP contribution in [-0.4, -0.2) is 59.8 Å². The van der Waals surface area contributed by atoms with Gasteiger partial charge < -0.3 is 15.3 Å². The highest BCUT2D eigenvalue weighted by atomic mass is 16.3. The third kappa shape index (κ3) is 3.71. The lowest BCUT2D eigenvalue weighted by Crippen LogP contribution is -2.53. The number of hydrogen-bond donors (Lipinski definition) is 2. The fourth-order valence-corrected chi connectivity index (χ4v) is 2.52. The standard InChI is InChI=1S/C15H23N3O2/c1-2-14(12-19)17-8-10-18(11-9-17)15(20)16-13-6-4-3-5-7-13/h3-7,14,19H,2,8-12H2,1H3,(H,16,20)/t14-/m0/s1. The van der Waals surface area contributed by atoms with Gasteiger partial charge >= 0.3 is 6.03 Å². The molecule has 1 aliphatic rings. The number of aliphatic hydroxyl groups excluding tert-OH is 1. The van der Waals surface area contributed by atoms with E-state index in [1.807, 2.05) is 35.2 Å². The van der Waals surface area contributed by atoms with Crippen molar-refractivity contribution in [3.05, 3.63) is 30.3 Å². The summed E-state index contributed by atoms with van der Waals surface area (Å²) in [5.74, 6) is 0. The van der Waals surface area contributed by atoms with Crippen molar-refractivity contribution in [1.82, 2.24) is 9.80 Å². The molecule has 0 spiro atoms. The fourth-order valence-electron chi connectivity index (χ4n) is 2.52. The Balaban J connectivity index is 1.83. The molecule has 20 heavy (non-hydrogen) atoms. The number of carbonyl (C=O) groups is 1. The lowest BCUT2D eigenvalue weighted by atomic mass is 10.2. The Labute approximate surface area is 120 Å². The molecule has 0 radical (unpaired) electrons. The van der Waals surface area contributed by atoms with Crippen LogP contribution in [0, 0.1) is 0 Å². The van der Waals surface area contributed by atoms with E-state index in [2.05, 4.69) is 17.1 Å². The Hall–Kier alpha value is -1.59. The zero-order valence-corrected chi connectivity index (χ0v) is 12.0. The normalized spacial score (nSPS) is 17.8. The van der Waals surface area contributed by atoms with Crippen LogP contribution in [-0.2, 0) is 0 Å². The van der Waals surface area contributed by atoms with Crippen LogP contribution >= 0.6 is 0 Å². The maximum atomic E-state index is 12.1. The maximum Gasteiger partial charge on any atom is 0.321 e. The SMILES string of the molecule is CC[C@@H](CO)N1CCN(C(=O)Nc2ccccc2)CC1. The van der Waals surface area contributed by atoms with E-state index >= 15 is 0 Å². The van der Waals surface area contributed by atoms with Crippen LogP contribution in [0.2, 0.25) is 0 Å². The lowest BCUT2D eigenvalue weighted by molar-refractivity contribution is 0.0766. The zero-order valence-electron chi connectivity index (χ0n) is 12.0. The third-order valence-electron chi connectivity index (χ3n) is 3.82. The minimum absolute atomic E-state index is 0.0482. The molecule has 2 N–H and O–H groups in total. The highest BCUT2D eigenvalue weighted by Gasteiger charge is 2.24. The van der Waals surface area contributed by atoms with Gasteiger partial charge in [0.15, 0.2) is 0 Å². The van der Waals surface area contributed by atoms with Gasteiger partial charge in [-0.15, -0.1) is 0 Å². The Morgan fingerprint density at radius 3 is 2.45 bits per heavy atom. The highest BCUT2D eigenvalue weighted by Crippen LogP contribution is 2.11. The number of amides is 2. The molecular weight excluding hydrogens is 254 g/mol. The average molecular weight is 277 g/mol. The first-order chi connectivity index (χ1) is 9.74. The third-order valence-corrected chi connectivity index (χ3v) is 3.82. The van der Waals surface area contributed by atoms with E-state index < -0.39 is 0 Å². The predicted octanol–water partition coefficient (Wildman–Crippen LogP) is 1.61. The quantitative estimate of drug-likeness (QED) is 0.879. The van der Waals surface area contributed by atoms with Crippen molar-refractivity contribution >= 4 is 11.7 Å². The van der Waals surface area contributed by atoms with Crippen LogP contribution in [0.1, 0.15) is 13.3 Å². The summed E-state index contributed by atoms with van der Waals surface area (Å²) in [6.07, 6.45) is 0.937. The van der Waals surface area contributed by atoms with E-state index in [-0.39, 0.29) is 18.7 Å². The number of urea groups is 1. The van der Waals surface area contributed by atoms with Gasteiger partial charge in [0.25, 0.3) is 0 Å². The number of benzene rings is 1. The molecular formula is C15H23N3O2. The van der Waals surface area contributed by atoms with E-state index in [1.165, 1.54) is 0 Å². The van der Waals surface area contributed by atoms with Crippen molar-refractivity contribution in [3.8, 4) is 0 Å². The number of anilines is 1. The van der Waals surface area contributed by atoms with Crippen LogP contribution in [0.15, 0.2) is 30.3 Å². The molecule has 1 saturated heterocycles. The molecule has 1 aromatic carbocycles. The number of rotatable bonds is 4. The molecule has 1 aromatic rings. The van der Waals surface area contributed by atoms with Crippen LogP contribution in [0.5, 0.6) is 0 Å².